The van der Waals surface area contributed by atoms with Crippen LogP contribution >= 0.6 is 11.6 Å². The predicted molar refractivity (Wildman–Crippen MR) is 139 cm³/mol. The van der Waals surface area contributed by atoms with Gasteiger partial charge < -0.3 is 15.4 Å². The zero-order valence-electron chi connectivity index (χ0n) is 20.3. The summed E-state index contributed by atoms with van der Waals surface area (Å²) in [4.78, 5) is 40.3. The van der Waals surface area contributed by atoms with Gasteiger partial charge in [-0.05, 0) is 62.2 Å². The van der Waals surface area contributed by atoms with Crippen LogP contribution in [0.15, 0.2) is 72.8 Å². The maximum absolute atomic E-state index is 13.3. The molecular weight excluding hydrogens is 478 g/mol. The summed E-state index contributed by atoms with van der Waals surface area (Å²) in [6.07, 6.45) is -1.41. The number of anilines is 1. The van der Waals surface area contributed by atoms with Crippen molar-refractivity contribution in [3.8, 4) is 0 Å². The molecule has 1 fully saturated rings. The van der Waals surface area contributed by atoms with Crippen LogP contribution in [-0.2, 0) is 16.1 Å². The zero-order chi connectivity index (χ0) is 25.8. The summed E-state index contributed by atoms with van der Waals surface area (Å²) < 4.78 is 5.73. The minimum atomic E-state index is -0.875. The molecule has 0 spiro atoms. The molecule has 2 unspecified atom stereocenters. The predicted octanol–water partition coefficient (Wildman–Crippen LogP) is 5.49. The number of nitrogens with zero attached hydrogens (tertiary/aromatic N) is 1. The molecule has 1 aliphatic heterocycles. The number of cyclic esters (lactones) is 1. The van der Waals surface area contributed by atoms with Crippen molar-refractivity contribution in [3.63, 3.8) is 0 Å². The molecule has 8 heteroatoms. The van der Waals surface area contributed by atoms with Crippen LogP contribution in [0, 0.1) is 6.92 Å². The van der Waals surface area contributed by atoms with Crippen LogP contribution in [0.4, 0.5) is 10.5 Å². The zero-order valence-corrected chi connectivity index (χ0v) is 21.1. The molecule has 3 aromatic rings. The van der Waals surface area contributed by atoms with Crippen LogP contribution < -0.4 is 10.6 Å². The van der Waals surface area contributed by atoms with E-state index in [0.29, 0.717) is 21.8 Å². The Morgan fingerprint density at radius 2 is 1.75 bits per heavy atom. The molecule has 0 aliphatic carbocycles. The minimum absolute atomic E-state index is 0.113. The van der Waals surface area contributed by atoms with Crippen LogP contribution in [-0.4, -0.2) is 34.9 Å². The van der Waals surface area contributed by atoms with Gasteiger partial charge in [0.05, 0.1) is 6.54 Å². The summed E-state index contributed by atoms with van der Waals surface area (Å²) in [5.74, 6) is -0.630. The van der Waals surface area contributed by atoms with Gasteiger partial charge in [-0.1, -0.05) is 59.6 Å². The normalized spacial score (nSPS) is 17.1. The molecule has 0 saturated carbocycles. The van der Waals surface area contributed by atoms with Crippen LogP contribution in [0.3, 0.4) is 0 Å². The van der Waals surface area contributed by atoms with Crippen molar-refractivity contribution < 1.29 is 19.1 Å². The number of amides is 3. The number of nitrogens with one attached hydrogen (secondary N) is 2. The van der Waals surface area contributed by atoms with Crippen molar-refractivity contribution in [3.05, 3.63) is 100 Å². The second kappa shape index (κ2) is 10.8. The lowest BCUT2D eigenvalue weighted by molar-refractivity contribution is -0.126. The first-order chi connectivity index (χ1) is 17.2. The first-order valence-corrected chi connectivity index (χ1v) is 12.1. The number of benzene rings is 3. The van der Waals surface area contributed by atoms with Gasteiger partial charge in [-0.3, -0.25) is 14.5 Å². The summed E-state index contributed by atoms with van der Waals surface area (Å²) >= 11 is 6.01. The SMILES string of the molecule is Cc1ccc(CN2C(=O)OC(c3cccc(NC(=O)c4cccc(Cl)c4)c3)C2C(=O)NC(C)C)cc1. The number of ether oxygens (including phenoxy) is 1. The first-order valence-electron chi connectivity index (χ1n) is 11.7. The highest BCUT2D eigenvalue weighted by Gasteiger charge is 2.47. The van der Waals surface area contributed by atoms with Gasteiger partial charge in [0, 0.05) is 22.3 Å². The van der Waals surface area contributed by atoms with Crippen molar-refractivity contribution in [2.75, 3.05) is 5.32 Å². The molecule has 36 heavy (non-hydrogen) atoms. The second-order valence-corrected chi connectivity index (χ2v) is 9.55. The molecule has 0 bridgehead atoms. The monoisotopic (exact) mass is 505 g/mol. The molecule has 3 aromatic carbocycles. The van der Waals surface area contributed by atoms with Crippen LogP contribution in [0.1, 0.15) is 47.0 Å². The summed E-state index contributed by atoms with van der Waals surface area (Å²) in [6, 6.07) is 20.4. The quantitative estimate of drug-likeness (QED) is 0.444. The molecule has 4 rings (SSSR count). The van der Waals surface area contributed by atoms with Gasteiger partial charge >= 0.3 is 6.09 Å². The van der Waals surface area contributed by atoms with Crippen molar-refractivity contribution in [2.24, 2.45) is 0 Å². The lowest BCUT2D eigenvalue weighted by Crippen LogP contribution is -2.48. The fourth-order valence-corrected chi connectivity index (χ4v) is 4.29. The Morgan fingerprint density at radius 3 is 2.44 bits per heavy atom. The smallest absolute Gasteiger partial charge is 0.411 e. The van der Waals surface area contributed by atoms with Crippen molar-refractivity contribution in [2.45, 2.75) is 45.5 Å². The highest BCUT2D eigenvalue weighted by Crippen LogP contribution is 2.35. The number of rotatable bonds is 7. The highest BCUT2D eigenvalue weighted by atomic mass is 35.5. The topological polar surface area (TPSA) is 87.7 Å². The minimum Gasteiger partial charge on any atom is -0.438 e. The Labute approximate surface area is 215 Å². The van der Waals surface area contributed by atoms with Gasteiger partial charge in [0.2, 0.25) is 5.91 Å². The van der Waals surface area contributed by atoms with E-state index in [4.69, 9.17) is 16.3 Å². The van der Waals surface area contributed by atoms with Gasteiger partial charge in [0.25, 0.3) is 5.91 Å². The number of carbonyl (C=O) groups excluding carboxylic acids is 3. The van der Waals surface area contributed by atoms with E-state index >= 15 is 0 Å². The Bertz CT molecular complexity index is 1280. The van der Waals surface area contributed by atoms with Crippen molar-refractivity contribution in [1.82, 2.24) is 10.2 Å². The maximum Gasteiger partial charge on any atom is 0.411 e. The van der Waals surface area contributed by atoms with Crippen LogP contribution in [0.5, 0.6) is 0 Å². The summed E-state index contributed by atoms with van der Waals surface area (Å²) in [5.41, 5.74) is 3.52. The Hall–Kier alpha value is -3.84. The van der Waals surface area contributed by atoms with Gasteiger partial charge in [0.1, 0.15) is 0 Å². The first kappa shape index (κ1) is 25.3. The number of aryl methyl sites for hydroxylation is 1. The fraction of sp³-hybridized carbons (Fsp3) is 0.250. The standard InChI is InChI=1S/C28H28ClN3O4/c1-17(2)30-27(34)24-25(36-28(35)32(24)16-19-12-10-18(3)11-13-19)20-6-5-9-23(15-20)31-26(33)21-7-4-8-22(29)14-21/h4-15,17,24-25H,16H2,1-3H3,(H,30,34)(H,31,33). The van der Waals surface area contributed by atoms with E-state index in [1.165, 1.54) is 4.90 Å². The molecule has 7 nitrogen and oxygen atoms in total. The molecule has 3 amide bonds. The van der Waals surface area contributed by atoms with Gasteiger partial charge in [-0.15, -0.1) is 0 Å². The van der Waals surface area contributed by atoms with Crippen LogP contribution in [0.2, 0.25) is 5.02 Å². The average Bonchev–Trinajstić information content (AvgIpc) is 3.16. The van der Waals surface area contributed by atoms with Gasteiger partial charge in [-0.2, -0.15) is 0 Å². The molecule has 1 heterocycles. The molecule has 0 aromatic heterocycles. The van der Waals surface area contributed by atoms with Gasteiger partial charge in [-0.25, -0.2) is 4.79 Å². The summed E-state index contributed by atoms with van der Waals surface area (Å²) in [6.45, 7) is 5.94. The molecule has 1 aliphatic rings. The van der Waals surface area contributed by atoms with E-state index in [9.17, 15) is 14.4 Å². The number of hydrogen-bond donors (Lipinski definition) is 2. The molecule has 0 radical (unpaired) electrons. The molecule has 1 saturated heterocycles. The molecule has 2 N–H and O–H groups in total. The highest BCUT2D eigenvalue weighted by molar-refractivity contribution is 6.31. The van der Waals surface area contributed by atoms with Crippen LogP contribution in [0.25, 0.3) is 0 Å². The van der Waals surface area contributed by atoms with E-state index in [0.717, 1.165) is 11.1 Å². The third-order valence-corrected chi connectivity index (χ3v) is 6.05. The summed E-state index contributed by atoms with van der Waals surface area (Å²) in [5, 5.41) is 6.21. The van der Waals surface area contributed by atoms with E-state index in [2.05, 4.69) is 10.6 Å². The lowest BCUT2D eigenvalue weighted by atomic mass is 9.99. The van der Waals surface area contributed by atoms with E-state index < -0.39 is 18.2 Å². The third-order valence-electron chi connectivity index (χ3n) is 5.82. The third kappa shape index (κ3) is 5.86. The number of hydrogen-bond acceptors (Lipinski definition) is 4. The molecule has 2 atom stereocenters. The lowest BCUT2D eigenvalue weighted by Gasteiger charge is -2.25. The molecule has 186 valence electrons. The van der Waals surface area contributed by atoms with Crippen molar-refractivity contribution in [1.29, 1.82) is 0 Å². The van der Waals surface area contributed by atoms with E-state index in [1.54, 1.807) is 48.5 Å². The Balaban J connectivity index is 1.61. The number of halogens is 1. The second-order valence-electron chi connectivity index (χ2n) is 9.12. The largest absolute Gasteiger partial charge is 0.438 e. The Morgan fingerprint density at radius 1 is 1.03 bits per heavy atom. The average molecular weight is 506 g/mol. The summed E-state index contributed by atoms with van der Waals surface area (Å²) in [7, 11) is 0. The van der Waals surface area contributed by atoms with Crippen molar-refractivity contribution >= 4 is 35.2 Å². The fourth-order valence-electron chi connectivity index (χ4n) is 4.10. The maximum atomic E-state index is 13.3. The van der Waals surface area contributed by atoms with E-state index in [-0.39, 0.29) is 24.4 Å². The Kier molecular flexibility index (Phi) is 7.60. The number of carbonyl (C=O) groups is 3. The molecular formula is C28H28ClN3O4. The van der Waals surface area contributed by atoms with Gasteiger partial charge in [0.15, 0.2) is 12.1 Å². The van der Waals surface area contributed by atoms with E-state index in [1.807, 2.05) is 45.0 Å².